The van der Waals surface area contributed by atoms with Gasteiger partial charge in [0.25, 0.3) is 0 Å². The SMILES string of the molecule is CCCCCCCC(C(=O)O)C1=C(C)C(=O)C(OC)=C(OC)C1=O. The Kier molecular flexibility index (Phi) is 7.68. The fourth-order valence-electron chi connectivity index (χ4n) is 2.93. The van der Waals surface area contributed by atoms with Crippen LogP contribution in [0.5, 0.6) is 0 Å². The van der Waals surface area contributed by atoms with Crippen LogP contribution in [0.1, 0.15) is 52.4 Å². The van der Waals surface area contributed by atoms with Crippen molar-refractivity contribution in [3.63, 3.8) is 0 Å². The Balaban J connectivity index is 3.05. The van der Waals surface area contributed by atoms with Crippen molar-refractivity contribution in [3.8, 4) is 0 Å². The first-order chi connectivity index (χ1) is 11.4. The Morgan fingerprint density at radius 1 is 1.00 bits per heavy atom. The molecule has 0 radical (unpaired) electrons. The van der Waals surface area contributed by atoms with Gasteiger partial charge in [0.15, 0.2) is 0 Å². The van der Waals surface area contributed by atoms with Crippen molar-refractivity contribution >= 4 is 17.5 Å². The number of methoxy groups -OCH3 is 2. The lowest BCUT2D eigenvalue weighted by Crippen LogP contribution is -2.31. The quantitative estimate of drug-likeness (QED) is 0.486. The molecule has 24 heavy (non-hydrogen) atoms. The van der Waals surface area contributed by atoms with Gasteiger partial charge in [-0.25, -0.2) is 0 Å². The molecule has 1 N–H and O–H groups in total. The maximum atomic E-state index is 12.6. The van der Waals surface area contributed by atoms with Gasteiger partial charge >= 0.3 is 5.97 Å². The molecule has 0 aromatic carbocycles. The van der Waals surface area contributed by atoms with Gasteiger partial charge in [0.2, 0.25) is 23.1 Å². The van der Waals surface area contributed by atoms with E-state index in [0.717, 1.165) is 25.7 Å². The van der Waals surface area contributed by atoms with Crippen molar-refractivity contribution in [2.24, 2.45) is 5.92 Å². The van der Waals surface area contributed by atoms with E-state index in [1.54, 1.807) is 0 Å². The van der Waals surface area contributed by atoms with Crippen LogP contribution in [0.25, 0.3) is 0 Å². The van der Waals surface area contributed by atoms with Crippen LogP contribution in [-0.2, 0) is 23.9 Å². The van der Waals surface area contributed by atoms with Crippen molar-refractivity contribution in [1.29, 1.82) is 0 Å². The second-order valence-electron chi connectivity index (χ2n) is 5.86. The average Bonchev–Trinajstić information content (AvgIpc) is 2.55. The summed E-state index contributed by atoms with van der Waals surface area (Å²) in [4.78, 5) is 36.7. The first kappa shape index (κ1) is 19.9. The number of ketones is 2. The number of Topliss-reactive ketones (excluding diaryl/α,β-unsaturated/α-hetero) is 2. The van der Waals surface area contributed by atoms with Gasteiger partial charge in [0, 0.05) is 11.1 Å². The highest BCUT2D eigenvalue weighted by atomic mass is 16.5. The van der Waals surface area contributed by atoms with E-state index in [-0.39, 0.29) is 22.7 Å². The van der Waals surface area contributed by atoms with Crippen molar-refractivity contribution in [2.45, 2.75) is 52.4 Å². The minimum Gasteiger partial charge on any atom is -0.489 e. The third-order valence-corrected chi connectivity index (χ3v) is 4.26. The molecule has 0 aromatic heterocycles. The lowest BCUT2D eigenvalue weighted by atomic mass is 9.82. The maximum Gasteiger partial charge on any atom is 0.311 e. The second-order valence-corrected chi connectivity index (χ2v) is 5.86. The van der Waals surface area contributed by atoms with E-state index in [1.807, 2.05) is 0 Å². The van der Waals surface area contributed by atoms with E-state index in [4.69, 9.17) is 9.47 Å². The van der Waals surface area contributed by atoms with Crippen LogP contribution >= 0.6 is 0 Å². The van der Waals surface area contributed by atoms with Crippen molar-refractivity contribution < 1.29 is 29.0 Å². The highest BCUT2D eigenvalue weighted by Crippen LogP contribution is 2.32. The molecule has 0 saturated heterocycles. The zero-order valence-electron chi connectivity index (χ0n) is 14.8. The molecule has 0 bridgehead atoms. The molecule has 1 unspecified atom stereocenters. The van der Waals surface area contributed by atoms with Crippen LogP contribution in [0.4, 0.5) is 0 Å². The molecule has 134 valence electrons. The van der Waals surface area contributed by atoms with E-state index < -0.39 is 23.5 Å². The predicted octanol–water partition coefficient (Wildman–Crippen LogP) is 3.02. The Hall–Kier alpha value is -2.11. The van der Waals surface area contributed by atoms with Gasteiger partial charge in [-0.1, -0.05) is 39.0 Å². The van der Waals surface area contributed by atoms with Crippen molar-refractivity contribution in [1.82, 2.24) is 0 Å². The summed E-state index contributed by atoms with van der Waals surface area (Å²) >= 11 is 0. The highest BCUT2D eigenvalue weighted by molar-refractivity contribution is 6.24. The van der Waals surface area contributed by atoms with Crippen molar-refractivity contribution in [2.75, 3.05) is 14.2 Å². The molecule has 0 aliphatic heterocycles. The number of hydrogen-bond donors (Lipinski definition) is 1. The molecule has 0 heterocycles. The number of aliphatic carboxylic acids is 1. The smallest absolute Gasteiger partial charge is 0.311 e. The second kappa shape index (κ2) is 9.25. The number of carboxylic acid groups (broad SMARTS) is 1. The Bertz CT molecular complexity index is 570. The largest absolute Gasteiger partial charge is 0.489 e. The van der Waals surface area contributed by atoms with E-state index >= 15 is 0 Å². The third-order valence-electron chi connectivity index (χ3n) is 4.26. The summed E-state index contributed by atoms with van der Waals surface area (Å²) in [5, 5.41) is 9.55. The predicted molar refractivity (Wildman–Crippen MR) is 88.3 cm³/mol. The Labute approximate surface area is 142 Å². The summed E-state index contributed by atoms with van der Waals surface area (Å²) in [6.45, 7) is 3.57. The molecule has 1 aliphatic carbocycles. The zero-order valence-corrected chi connectivity index (χ0v) is 14.8. The van der Waals surface area contributed by atoms with Crippen LogP contribution in [0, 0.1) is 5.92 Å². The minimum absolute atomic E-state index is 0.0145. The van der Waals surface area contributed by atoms with E-state index in [2.05, 4.69) is 6.92 Å². The lowest BCUT2D eigenvalue weighted by Gasteiger charge is -2.24. The van der Waals surface area contributed by atoms with Gasteiger partial charge in [-0.2, -0.15) is 0 Å². The summed E-state index contributed by atoms with van der Waals surface area (Å²) < 4.78 is 9.96. The number of carboxylic acids is 1. The lowest BCUT2D eigenvalue weighted by molar-refractivity contribution is -0.141. The van der Waals surface area contributed by atoms with E-state index in [1.165, 1.54) is 21.1 Å². The summed E-state index contributed by atoms with van der Waals surface area (Å²) in [5.41, 5.74) is 0.138. The molecular weight excluding hydrogens is 312 g/mol. The number of allylic oxidation sites excluding steroid dienone is 2. The molecule has 0 aromatic rings. The number of ether oxygens (including phenoxy) is 2. The van der Waals surface area contributed by atoms with Crippen LogP contribution in [0.3, 0.4) is 0 Å². The fourth-order valence-corrected chi connectivity index (χ4v) is 2.93. The first-order valence-corrected chi connectivity index (χ1v) is 8.25. The van der Waals surface area contributed by atoms with Crippen LogP contribution in [0.2, 0.25) is 0 Å². The molecule has 0 amide bonds. The summed E-state index contributed by atoms with van der Waals surface area (Å²) in [7, 11) is 2.54. The zero-order chi connectivity index (χ0) is 18.3. The van der Waals surface area contributed by atoms with Crippen LogP contribution in [0.15, 0.2) is 22.7 Å². The van der Waals surface area contributed by atoms with Crippen molar-refractivity contribution in [3.05, 3.63) is 22.7 Å². The van der Waals surface area contributed by atoms with Gasteiger partial charge < -0.3 is 14.6 Å². The van der Waals surface area contributed by atoms with E-state index in [9.17, 15) is 19.5 Å². The monoisotopic (exact) mass is 338 g/mol. The van der Waals surface area contributed by atoms with Gasteiger partial charge in [0.1, 0.15) is 0 Å². The topological polar surface area (TPSA) is 89.9 Å². The number of carbonyl (C=O) groups excluding carboxylic acids is 2. The summed E-state index contributed by atoms with van der Waals surface area (Å²) in [6.07, 6.45) is 5.15. The molecule has 0 fully saturated rings. The number of carbonyl (C=O) groups is 3. The summed E-state index contributed by atoms with van der Waals surface area (Å²) in [5.74, 6) is -3.58. The normalized spacial score (nSPS) is 16.5. The molecule has 0 spiro atoms. The molecule has 6 nitrogen and oxygen atoms in total. The summed E-state index contributed by atoms with van der Waals surface area (Å²) in [6, 6.07) is 0. The number of hydrogen-bond acceptors (Lipinski definition) is 5. The van der Waals surface area contributed by atoms with Crippen LogP contribution in [-0.4, -0.2) is 36.9 Å². The number of unbranched alkanes of at least 4 members (excludes halogenated alkanes) is 4. The molecule has 1 rings (SSSR count). The highest BCUT2D eigenvalue weighted by Gasteiger charge is 2.40. The average molecular weight is 338 g/mol. The molecule has 1 atom stereocenters. The van der Waals surface area contributed by atoms with Crippen LogP contribution < -0.4 is 0 Å². The van der Waals surface area contributed by atoms with E-state index in [0.29, 0.717) is 12.8 Å². The number of rotatable bonds is 10. The van der Waals surface area contributed by atoms with Gasteiger partial charge in [-0.05, 0) is 13.3 Å². The fraction of sp³-hybridized carbons (Fsp3) is 0.611. The Morgan fingerprint density at radius 2 is 1.54 bits per heavy atom. The van der Waals surface area contributed by atoms with Gasteiger partial charge in [-0.15, -0.1) is 0 Å². The molecule has 1 aliphatic rings. The minimum atomic E-state index is -1.10. The van der Waals surface area contributed by atoms with Gasteiger partial charge in [0.05, 0.1) is 20.1 Å². The van der Waals surface area contributed by atoms with Gasteiger partial charge in [-0.3, -0.25) is 14.4 Å². The first-order valence-electron chi connectivity index (χ1n) is 8.25. The molecule has 0 saturated carbocycles. The molecular formula is C18H26O6. The molecule has 6 heteroatoms. The maximum absolute atomic E-state index is 12.6. The standard InChI is InChI=1S/C18H26O6/c1-5-6-7-8-9-10-12(18(21)22)13-11(2)14(19)16(23-3)17(24-4)15(13)20/h12H,5-10H2,1-4H3,(H,21,22). The third kappa shape index (κ3) is 4.24. The Morgan fingerprint density at radius 3 is 2.04 bits per heavy atom.